The van der Waals surface area contributed by atoms with Gasteiger partial charge in [0, 0.05) is 23.5 Å². The number of hydrogen-bond acceptors (Lipinski definition) is 6. The molecule has 0 aliphatic rings. The van der Waals surface area contributed by atoms with E-state index in [1.165, 1.54) is 25.6 Å². The number of carbonyl (C=O) groups is 4. The first-order valence-corrected chi connectivity index (χ1v) is 12.0. The van der Waals surface area contributed by atoms with Crippen LogP contribution in [0.15, 0.2) is 30.5 Å². The van der Waals surface area contributed by atoms with Crippen LogP contribution in [0.2, 0.25) is 0 Å². The number of nitrogens with one attached hydrogen (secondary N) is 4. The van der Waals surface area contributed by atoms with Crippen molar-refractivity contribution in [3.63, 3.8) is 0 Å². The minimum absolute atomic E-state index is 0.0785. The Bertz CT molecular complexity index is 992. The van der Waals surface area contributed by atoms with Gasteiger partial charge in [-0.05, 0) is 43.9 Å². The summed E-state index contributed by atoms with van der Waals surface area (Å²) in [7, 11) is 0. The van der Waals surface area contributed by atoms with Gasteiger partial charge in [-0.15, -0.1) is 0 Å². The van der Waals surface area contributed by atoms with Crippen molar-refractivity contribution in [3.8, 4) is 0 Å². The van der Waals surface area contributed by atoms with Crippen LogP contribution in [-0.4, -0.2) is 70.0 Å². The summed E-state index contributed by atoms with van der Waals surface area (Å²) < 4.78 is 0. The van der Waals surface area contributed by atoms with Crippen molar-refractivity contribution < 1.29 is 24.3 Å². The molecule has 4 atom stereocenters. The zero-order valence-electron chi connectivity index (χ0n) is 18.9. The molecule has 3 amide bonds. The molecule has 0 saturated carbocycles. The minimum atomic E-state index is -1.18. The zero-order chi connectivity index (χ0) is 24.5. The molecule has 0 radical (unpaired) electrons. The van der Waals surface area contributed by atoms with E-state index in [4.69, 9.17) is 5.73 Å². The van der Waals surface area contributed by atoms with Crippen molar-refractivity contribution in [1.29, 1.82) is 0 Å². The number of rotatable bonds is 12. The van der Waals surface area contributed by atoms with E-state index in [2.05, 4.69) is 20.9 Å². The summed E-state index contributed by atoms with van der Waals surface area (Å²) in [5.41, 5.74) is 7.14. The first-order chi connectivity index (χ1) is 15.6. The van der Waals surface area contributed by atoms with Gasteiger partial charge in [0.05, 0.1) is 6.04 Å². The molecule has 7 N–H and O–H groups in total. The fourth-order valence-corrected chi connectivity index (χ4v) is 3.68. The monoisotopic (exact) mass is 477 g/mol. The third-order valence-corrected chi connectivity index (χ3v) is 5.77. The Morgan fingerprint density at radius 2 is 1.70 bits per heavy atom. The molecule has 0 spiro atoms. The number of nitrogens with two attached hydrogens (primary N) is 1. The quantitative estimate of drug-likeness (QED) is 0.257. The smallest absolute Gasteiger partial charge is 0.326 e. The predicted molar refractivity (Wildman–Crippen MR) is 128 cm³/mol. The third kappa shape index (κ3) is 7.50. The fourth-order valence-electron chi connectivity index (χ4n) is 3.20. The average Bonchev–Trinajstić information content (AvgIpc) is 3.18. The summed E-state index contributed by atoms with van der Waals surface area (Å²) >= 11 is 1.49. The molecule has 1 aromatic heterocycles. The van der Waals surface area contributed by atoms with Gasteiger partial charge in [-0.25, -0.2) is 4.79 Å². The van der Waals surface area contributed by atoms with E-state index in [9.17, 15) is 24.3 Å². The number of benzene rings is 1. The van der Waals surface area contributed by atoms with Gasteiger partial charge < -0.3 is 31.8 Å². The van der Waals surface area contributed by atoms with E-state index in [-0.39, 0.29) is 6.42 Å². The maximum Gasteiger partial charge on any atom is 0.326 e. The number of aromatic amines is 1. The van der Waals surface area contributed by atoms with Crippen molar-refractivity contribution in [2.45, 2.75) is 50.9 Å². The van der Waals surface area contributed by atoms with E-state index in [1.54, 1.807) is 6.20 Å². The second-order valence-electron chi connectivity index (χ2n) is 7.82. The number of carboxylic acid groups (broad SMARTS) is 1. The number of carboxylic acids is 1. The molecular formula is C22H31N5O5S. The van der Waals surface area contributed by atoms with Crippen LogP contribution in [0.3, 0.4) is 0 Å². The highest BCUT2D eigenvalue weighted by Gasteiger charge is 2.28. The largest absolute Gasteiger partial charge is 0.480 e. The highest BCUT2D eigenvalue weighted by molar-refractivity contribution is 7.98. The lowest BCUT2D eigenvalue weighted by atomic mass is 10.0. The van der Waals surface area contributed by atoms with Crippen LogP contribution in [0.4, 0.5) is 0 Å². The molecule has 1 heterocycles. The standard InChI is InChI=1S/C22H31N5O5S/c1-12(23)19(28)25-13(2)20(29)26-17(8-9-33-3)21(30)27-18(22(31)32)10-14-11-24-16-7-5-4-6-15(14)16/h4-7,11-13,17-18,24H,8-10,23H2,1-3H3,(H,25,28)(H,26,29)(H,27,30)(H,31,32). The Hall–Kier alpha value is -3.05. The summed E-state index contributed by atoms with van der Waals surface area (Å²) in [5, 5.41) is 18.2. The maximum absolute atomic E-state index is 12.9. The van der Waals surface area contributed by atoms with Gasteiger partial charge in [0.25, 0.3) is 0 Å². The minimum Gasteiger partial charge on any atom is -0.480 e. The van der Waals surface area contributed by atoms with Crippen LogP contribution < -0.4 is 21.7 Å². The van der Waals surface area contributed by atoms with Crippen molar-refractivity contribution in [1.82, 2.24) is 20.9 Å². The number of fused-ring (bicyclic) bond motifs is 1. The van der Waals surface area contributed by atoms with Crippen molar-refractivity contribution in [2.24, 2.45) is 5.73 Å². The summed E-state index contributed by atoms with van der Waals surface area (Å²) in [6.07, 6.45) is 3.96. The lowest BCUT2D eigenvalue weighted by molar-refractivity contribution is -0.142. The highest BCUT2D eigenvalue weighted by atomic mass is 32.2. The summed E-state index contributed by atoms with van der Waals surface area (Å²) in [4.78, 5) is 52.2. The van der Waals surface area contributed by atoms with Gasteiger partial charge in [0.1, 0.15) is 18.1 Å². The van der Waals surface area contributed by atoms with Gasteiger partial charge in [-0.1, -0.05) is 18.2 Å². The van der Waals surface area contributed by atoms with Gasteiger partial charge in [-0.3, -0.25) is 14.4 Å². The highest BCUT2D eigenvalue weighted by Crippen LogP contribution is 2.19. The SMILES string of the molecule is CSCCC(NC(=O)C(C)NC(=O)C(C)N)C(=O)NC(Cc1c[nH]c2ccccc12)C(=O)O. The molecule has 4 unspecified atom stereocenters. The number of thioether (sulfide) groups is 1. The number of hydrogen-bond donors (Lipinski definition) is 6. The molecule has 10 nitrogen and oxygen atoms in total. The number of aromatic nitrogens is 1. The molecule has 180 valence electrons. The first-order valence-electron chi connectivity index (χ1n) is 10.6. The van der Waals surface area contributed by atoms with Crippen molar-refractivity contribution >= 4 is 46.4 Å². The van der Waals surface area contributed by atoms with E-state index < -0.39 is 47.9 Å². The van der Waals surface area contributed by atoms with Gasteiger partial charge in [0.2, 0.25) is 17.7 Å². The summed E-state index contributed by atoms with van der Waals surface area (Å²) in [6, 6.07) is 3.66. The van der Waals surface area contributed by atoms with E-state index >= 15 is 0 Å². The number of aliphatic carboxylic acids is 1. The van der Waals surface area contributed by atoms with Crippen LogP contribution in [0, 0.1) is 0 Å². The van der Waals surface area contributed by atoms with Crippen molar-refractivity contribution in [3.05, 3.63) is 36.0 Å². The molecule has 0 saturated heterocycles. The molecule has 1 aromatic carbocycles. The number of H-pyrrole nitrogens is 1. The zero-order valence-corrected chi connectivity index (χ0v) is 19.7. The van der Waals surface area contributed by atoms with Gasteiger partial charge in [-0.2, -0.15) is 11.8 Å². The molecule has 33 heavy (non-hydrogen) atoms. The lowest BCUT2D eigenvalue weighted by Gasteiger charge is -2.23. The predicted octanol–water partition coefficient (Wildman–Crippen LogP) is 0.370. The first kappa shape index (κ1) is 26.2. The molecular weight excluding hydrogens is 446 g/mol. The molecule has 0 fully saturated rings. The van der Waals surface area contributed by atoms with Gasteiger partial charge in [0.15, 0.2) is 0 Å². The summed E-state index contributed by atoms with van der Waals surface area (Å²) in [5.74, 6) is -2.27. The number of amides is 3. The van der Waals surface area contributed by atoms with Crippen LogP contribution in [0.1, 0.15) is 25.8 Å². The second-order valence-corrected chi connectivity index (χ2v) is 8.81. The molecule has 2 rings (SSSR count). The maximum atomic E-state index is 12.9. The Labute approximate surface area is 196 Å². The van der Waals surface area contributed by atoms with Crippen LogP contribution in [0.25, 0.3) is 10.9 Å². The molecule has 0 aliphatic heterocycles. The van der Waals surface area contributed by atoms with E-state index in [0.29, 0.717) is 12.2 Å². The normalized spacial score (nSPS) is 14.7. The topological polar surface area (TPSA) is 166 Å². The average molecular weight is 478 g/mol. The molecule has 0 bridgehead atoms. The Morgan fingerprint density at radius 3 is 2.33 bits per heavy atom. The van der Waals surface area contributed by atoms with Crippen molar-refractivity contribution in [2.75, 3.05) is 12.0 Å². The van der Waals surface area contributed by atoms with Gasteiger partial charge >= 0.3 is 5.97 Å². The van der Waals surface area contributed by atoms with E-state index in [1.807, 2.05) is 30.5 Å². The van der Waals surface area contributed by atoms with Crippen LogP contribution >= 0.6 is 11.8 Å². The Balaban J connectivity index is 2.09. The summed E-state index contributed by atoms with van der Waals surface area (Å²) in [6.45, 7) is 2.98. The second kappa shape index (κ2) is 12.3. The Morgan fingerprint density at radius 1 is 1.03 bits per heavy atom. The number of para-hydroxylation sites is 1. The molecule has 0 aliphatic carbocycles. The molecule has 11 heteroatoms. The number of carbonyl (C=O) groups excluding carboxylic acids is 3. The van der Waals surface area contributed by atoms with Crippen LogP contribution in [-0.2, 0) is 25.6 Å². The fraction of sp³-hybridized carbons (Fsp3) is 0.455. The van der Waals surface area contributed by atoms with Crippen LogP contribution in [0.5, 0.6) is 0 Å². The third-order valence-electron chi connectivity index (χ3n) is 5.12. The lowest BCUT2D eigenvalue weighted by Crippen LogP contribution is -2.56. The Kier molecular flexibility index (Phi) is 9.74. The molecule has 2 aromatic rings. The van der Waals surface area contributed by atoms with E-state index in [0.717, 1.165) is 16.5 Å².